The third-order valence-electron chi connectivity index (χ3n) is 2.53. The highest BCUT2D eigenvalue weighted by atomic mass is 16.3. The number of phenolic OH excluding ortho intramolecular Hbond substituents is 1. The van der Waals surface area contributed by atoms with Crippen LogP contribution in [-0.2, 0) is 11.2 Å². The Morgan fingerprint density at radius 1 is 1.00 bits per heavy atom. The summed E-state index contributed by atoms with van der Waals surface area (Å²) in [5.41, 5.74) is 1.30. The van der Waals surface area contributed by atoms with Crippen LogP contribution in [0.5, 0.6) is 5.75 Å². The van der Waals surface area contributed by atoms with E-state index in [9.17, 15) is 0 Å². The van der Waals surface area contributed by atoms with E-state index < -0.39 is 0 Å². The Labute approximate surface area is 139 Å². The first kappa shape index (κ1) is 28.8. The minimum Gasteiger partial charge on any atom is -0.508 e. The third-order valence-corrected chi connectivity index (χ3v) is 2.53. The van der Waals surface area contributed by atoms with Gasteiger partial charge in [0, 0.05) is 6.04 Å². The molecule has 1 rings (SSSR count). The minimum atomic E-state index is 0.345. The molecule has 1 aromatic rings. The molecule has 1 aromatic carbocycles. The normalized spacial score (nSPS) is 9.09. The summed E-state index contributed by atoms with van der Waals surface area (Å²) in [6.07, 6.45) is 3.47. The predicted molar refractivity (Wildman–Crippen MR) is 101 cm³/mol. The maximum atomic E-state index is 9.10. The topological polar surface area (TPSA) is 49.3 Å². The number of aryl methyl sites for hydroxylation is 1. The van der Waals surface area contributed by atoms with E-state index in [-0.39, 0.29) is 0 Å². The summed E-state index contributed by atoms with van der Waals surface area (Å²) in [7, 11) is 1.99. The zero-order valence-electron chi connectivity index (χ0n) is 16.1. The van der Waals surface area contributed by atoms with Crippen molar-refractivity contribution in [3.63, 3.8) is 0 Å². The Hall–Kier alpha value is -1.35. The van der Waals surface area contributed by atoms with Gasteiger partial charge in [0.25, 0.3) is 0 Å². The Kier molecular flexibility index (Phi) is 36.5. The van der Waals surface area contributed by atoms with E-state index in [2.05, 4.69) is 12.2 Å². The maximum Gasteiger partial charge on any atom is 0.115 e. The van der Waals surface area contributed by atoms with Crippen LogP contribution in [-0.4, -0.2) is 25.0 Å². The van der Waals surface area contributed by atoms with Gasteiger partial charge in [0.05, 0.1) is 0 Å². The van der Waals surface area contributed by atoms with Crippen LogP contribution < -0.4 is 5.32 Å². The molecular weight excluding hydrogens is 274 g/mol. The van der Waals surface area contributed by atoms with Crippen molar-refractivity contribution in [3.05, 3.63) is 29.8 Å². The van der Waals surface area contributed by atoms with Crippen molar-refractivity contribution in [1.29, 1.82) is 0 Å². The molecular formula is C19H39NO2. The van der Waals surface area contributed by atoms with Crippen LogP contribution in [0, 0.1) is 0 Å². The summed E-state index contributed by atoms with van der Waals surface area (Å²) in [6, 6.07) is 8.05. The molecule has 3 nitrogen and oxygen atoms in total. The summed E-state index contributed by atoms with van der Waals surface area (Å²) in [4.78, 5) is 8.00. The Balaban J connectivity index is -0.000000175. The van der Waals surface area contributed by atoms with Gasteiger partial charge in [-0.1, -0.05) is 53.7 Å². The number of carbonyl (C=O) groups excluding carboxylic acids is 1. The van der Waals surface area contributed by atoms with Gasteiger partial charge in [0.15, 0.2) is 0 Å². The highest BCUT2D eigenvalue weighted by Gasteiger charge is 1.98. The van der Waals surface area contributed by atoms with Gasteiger partial charge in [-0.3, -0.25) is 0 Å². The fourth-order valence-corrected chi connectivity index (χ4v) is 1.42. The van der Waals surface area contributed by atoms with E-state index in [1.807, 2.05) is 67.5 Å². The second-order valence-electron chi connectivity index (χ2n) is 3.75. The molecule has 0 saturated carbocycles. The van der Waals surface area contributed by atoms with Gasteiger partial charge >= 0.3 is 0 Å². The van der Waals surface area contributed by atoms with Crippen LogP contribution in [0.2, 0.25) is 0 Å². The first-order valence-corrected chi connectivity index (χ1v) is 8.46. The maximum absolute atomic E-state index is 9.10. The smallest absolute Gasteiger partial charge is 0.115 e. The molecule has 132 valence electrons. The lowest BCUT2D eigenvalue weighted by atomic mass is 10.1. The van der Waals surface area contributed by atoms with Crippen LogP contribution in [0.15, 0.2) is 24.3 Å². The molecule has 0 heterocycles. The highest BCUT2D eigenvalue weighted by Crippen LogP contribution is 2.12. The molecule has 3 heteroatoms. The fraction of sp³-hybridized carbons (Fsp3) is 0.632. The molecule has 0 aliphatic carbocycles. The predicted octanol–water partition coefficient (Wildman–Crippen LogP) is 5.22. The molecule has 2 N–H and O–H groups in total. The van der Waals surface area contributed by atoms with E-state index in [1.165, 1.54) is 18.4 Å². The number of benzene rings is 1. The second-order valence-corrected chi connectivity index (χ2v) is 3.75. The van der Waals surface area contributed by atoms with Crippen LogP contribution in [0.4, 0.5) is 0 Å². The quantitative estimate of drug-likeness (QED) is 0.784. The average molecular weight is 314 g/mol. The van der Waals surface area contributed by atoms with E-state index in [1.54, 1.807) is 12.1 Å². The summed E-state index contributed by atoms with van der Waals surface area (Å²) in [5, 5.41) is 12.3. The van der Waals surface area contributed by atoms with Crippen molar-refractivity contribution < 1.29 is 9.90 Å². The molecule has 0 amide bonds. The van der Waals surface area contributed by atoms with E-state index in [4.69, 9.17) is 9.90 Å². The van der Waals surface area contributed by atoms with E-state index in [0.717, 1.165) is 6.42 Å². The Bertz CT molecular complexity index is 273. The summed E-state index contributed by atoms with van der Waals surface area (Å²) >= 11 is 0. The molecule has 0 aromatic heterocycles. The van der Waals surface area contributed by atoms with Gasteiger partial charge in [-0.15, -0.1) is 0 Å². The largest absolute Gasteiger partial charge is 0.508 e. The van der Waals surface area contributed by atoms with Crippen LogP contribution in [0.3, 0.4) is 0 Å². The number of rotatable bonds is 5. The van der Waals surface area contributed by atoms with Crippen molar-refractivity contribution >= 4 is 6.79 Å². The minimum absolute atomic E-state index is 0.345. The lowest BCUT2D eigenvalue weighted by Crippen LogP contribution is -2.20. The SMILES string of the molecule is C=O.CC.CC.CC.CNC(C)CCCc1ccc(O)cc1. The lowest BCUT2D eigenvalue weighted by molar-refractivity contribution is -0.0979. The Morgan fingerprint density at radius 2 is 1.41 bits per heavy atom. The Morgan fingerprint density at radius 3 is 1.77 bits per heavy atom. The fourth-order valence-electron chi connectivity index (χ4n) is 1.42. The third kappa shape index (κ3) is 21.0. The summed E-state index contributed by atoms with van der Waals surface area (Å²) in [5.74, 6) is 0.345. The van der Waals surface area contributed by atoms with Crippen molar-refractivity contribution in [2.24, 2.45) is 0 Å². The highest BCUT2D eigenvalue weighted by molar-refractivity contribution is 5.25. The van der Waals surface area contributed by atoms with Crippen LogP contribution in [0.1, 0.15) is 66.9 Å². The van der Waals surface area contributed by atoms with Crippen molar-refractivity contribution in [2.45, 2.75) is 73.8 Å². The number of phenols is 1. The number of hydrogen-bond acceptors (Lipinski definition) is 3. The van der Waals surface area contributed by atoms with Gasteiger partial charge in [-0.05, 0) is 50.9 Å². The van der Waals surface area contributed by atoms with Crippen LogP contribution >= 0.6 is 0 Å². The lowest BCUT2D eigenvalue weighted by Gasteiger charge is -2.09. The number of aromatic hydroxyl groups is 1. The molecule has 0 radical (unpaired) electrons. The molecule has 0 aliphatic rings. The molecule has 0 aliphatic heterocycles. The molecule has 1 atom stereocenters. The first-order valence-electron chi connectivity index (χ1n) is 8.46. The molecule has 1 unspecified atom stereocenters. The molecule has 0 saturated heterocycles. The first-order chi connectivity index (χ1) is 10.7. The van der Waals surface area contributed by atoms with Gasteiger partial charge in [0.1, 0.15) is 12.5 Å². The van der Waals surface area contributed by atoms with Crippen molar-refractivity contribution in [2.75, 3.05) is 7.05 Å². The summed E-state index contributed by atoms with van der Waals surface area (Å²) in [6.45, 7) is 16.2. The number of carbonyl (C=O) groups is 1. The molecule has 22 heavy (non-hydrogen) atoms. The number of hydrogen-bond donors (Lipinski definition) is 2. The van der Waals surface area contributed by atoms with Gasteiger partial charge in [0.2, 0.25) is 0 Å². The standard InChI is InChI=1S/C12H19NO.3C2H6.CH2O/c1-10(13-2)4-3-5-11-6-8-12(14)9-7-11;4*1-2/h6-10,13-14H,3-5H2,1-2H3;3*1-2H3;1H2. The molecule has 0 fully saturated rings. The van der Waals surface area contributed by atoms with Gasteiger partial charge < -0.3 is 15.2 Å². The van der Waals surface area contributed by atoms with E-state index >= 15 is 0 Å². The second kappa shape index (κ2) is 27.9. The average Bonchev–Trinajstić information content (AvgIpc) is 2.63. The van der Waals surface area contributed by atoms with Gasteiger partial charge in [-0.2, -0.15) is 0 Å². The molecule has 0 bridgehead atoms. The zero-order valence-corrected chi connectivity index (χ0v) is 16.1. The van der Waals surface area contributed by atoms with Crippen molar-refractivity contribution in [1.82, 2.24) is 5.32 Å². The zero-order chi connectivity index (χ0) is 18.4. The van der Waals surface area contributed by atoms with Crippen LogP contribution in [0.25, 0.3) is 0 Å². The monoisotopic (exact) mass is 313 g/mol. The summed E-state index contributed by atoms with van der Waals surface area (Å²) < 4.78 is 0. The molecule has 0 spiro atoms. The number of nitrogens with one attached hydrogen (secondary N) is 1. The van der Waals surface area contributed by atoms with Crippen molar-refractivity contribution in [3.8, 4) is 5.75 Å². The van der Waals surface area contributed by atoms with E-state index in [0.29, 0.717) is 11.8 Å². The van der Waals surface area contributed by atoms with Gasteiger partial charge in [-0.25, -0.2) is 0 Å².